The molecule has 2 aliphatic heterocycles. The number of nitrogens with zero attached hydrogens (tertiary/aromatic N) is 2. The Morgan fingerprint density at radius 3 is 2.48 bits per heavy atom. The van der Waals surface area contributed by atoms with E-state index in [-0.39, 0.29) is 19.8 Å². The van der Waals surface area contributed by atoms with Gasteiger partial charge in [0.2, 0.25) is 0 Å². The molecular formula is C19H26FN2O6P. The molecule has 0 bridgehead atoms. The van der Waals surface area contributed by atoms with Crippen molar-refractivity contribution in [3.63, 3.8) is 0 Å². The van der Waals surface area contributed by atoms with Gasteiger partial charge in [-0.15, -0.1) is 0 Å². The van der Waals surface area contributed by atoms with Crippen LogP contribution in [0.5, 0.6) is 0 Å². The molecule has 2 unspecified atom stereocenters. The highest BCUT2D eigenvalue weighted by Crippen LogP contribution is 2.58. The first-order valence-electron chi connectivity index (χ1n) is 9.78. The fourth-order valence-electron chi connectivity index (χ4n) is 3.71. The second-order valence-electron chi connectivity index (χ2n) is 6.60. The maximum atomic E-state index is 13.5. The van der Waals surface area contributed by atoms with Crippen LogP contribution >= 0.6 is 7.60 Å². The summed E-state index contributed by atoms with van der Waals surface area (Å²) in [6.07, 6.45) is 1.12. The van der Waals surface area contributed by atoms with E-state index in [9.17, 15) is 13.8 Å². The smallest absolute Gasteiger partial charge is 0.380 e. The minimum atomic E-state index is -3.53. The molecule has 1 aromatic carbocycles. The van der Waals surface area contributed by atoms with Gasteiger partial charge < -0.3 is 23.5 Å². The summed E-state index contributed by atoms with van der Waals surface area (Å²) in [5.74, 6) is -0.798. The number of amidine groups is 1. The summed E-state index contributed by atoms with van der Waals surface area (Å²) in [7, 11) is -3.53. The summed E-state index contributed by atoms with van der Waals surface area (Å²) >= 11 is 0. The molecule has 0 N–H and O–H groups in total. The molecule has 2 atom stereocenters. The second-order valence-corrected chi connectivity index (χ2v) is 8.82. The van der Waals surface area contributed by atoms with Crippen molar-refractivity contribution in [3.05, 3.63) is 35.6 Å². The van der Waals surface area contributed by atoms with Crippen molar-refractivity contribution in [1.29, 1.82) is 0 Å². The molecule has 8 nitrogen and oxygen atoms in total. The van der Waals surface area contributed by atoms with Crippen LogP contribution in [-0.4, -0.2) is 48.7 Å². The van der Waals surface area contributed by atoms with Crippen LogP contribution in [0.3, 0.4) is 0 Å². The normalized spacial score (nSPS) is 23.9. The minimum Gasteiger partial charge on any atom is -0.461 e. The average molecular weight is 428 g/mol. The summed E-state index contributed by atoms with van der Waals surface area (Å²) in [5, 5.41) is 4.14. The quantitative estimate of drug-likeness (QED) is 0.462. The van der Waals surface area contributed by atoms with Crippen molar-refractivity contribution in [1.82, 2.24) is 4.90 Å². The van der Waals surface area contributed by atoms with E-state index in [0.29, 0.717) is 30.8 Å². The van der Waals surface area contributed by atoms with Gasteiger partial charge in [0, 0.05) is 12.1 Å². The molecule has 0 spiro atoms. The van der Waals surface area contributed by atoms with E-state index in [1.807, 2.05) is 0 Å². The maximum absolute atomic E-state index is 13.5. The van der Waals surface area contributed by atoms with Gasteiger partial charge in [-0.2, -0.15) is 0 Å². The van der Waals surface area contributed by atoms with Gasteiger partial charge >= 0.3 is 19.3 Å². The van der Waals surface area contributed by atoms with Crippen LogP contribution in [0.4, 0.5) is 4.39 Å². The Hall–Kier alpha value is -1.96. The van der Waals surface area contributed by atoms with Crippen molar-refractivity contribution in [2.45, 2.75) is 45.0 Å². The fourth-order valence-corrected chi connectivity index (χ4v) is 5.83. The number of carbonyl (C=O) groups excluding carboxylic acids is 1. The number of hydrogen-bond acceptors (Lipinski definition) is 8. The van der Waals surface area contributed by atoms with Crippen LogP contribution < -0.4 is 0 Å². The fraction of sp³-hybridized carbons (Fsp3) is 0.579. The molecule has 10 heteroatoms. The molecule has 29 heavy (non-hydrogen) atoms. The topological polar surface area (TPSA) is 86.7 Å². The number of halogens is 1. The van der Waals surface area contributed by atoms with Gasteiger partial charge in [-0.1, -0.05) is 5.16 Å². The largest absolute Gasteiger partial charge is 0.461 e. The predicted octanol–water partition coefficient (Wildman–Crippen LogP) is 3.62. The Kier molecular flexibility index (Phi) is 6.61. The van der Waals surface area contributed by atoms with Crippen molar-refractivity contribution in [2.75, 3.05) is 26.4 Å². The highest BCUT2D eigenvalue weighted by atomic mass is 31.2. The van der Waals surface area contributed by atoms with Gasteiger partial charge in [0.05, 0.1) is 19.8 Å². The van der Waals surface area contributed by atoms with E-state index in [4.69, 9.17) is 18.6 Å². The Labute approximate surface area is 169 Å². The van der Waals surface area contributed by atoms with Gasteiger partial charge in [-0.05, 0) is 57.9 Å². The molecule has 2 heterocycles. The van der Waals surface area contributed by atoms with E-state index in [2.05, 4.69) is 5.16 Å². The van der Waals surface area contributed by atoms with Gasteiger partial charge in [0.25, 0.3) is 0 Å². The van der Waals surface area contributed by atoms with Crippen LogP contribution in [0, 0.1) is 5.82 Å². The third-order valence-electron chi connectivity index (χ3n) is 4.87. The lowest BCUT2D eigenvalue weighted by Crippen LogP contribution is -2.56. The third kappa shape index (κ3) is 3.79. The van der Waals surface area contributed by atoms with Crippen molar-refractivity contribution < 1.29 is 32.4 Å². The van der Waals surface area contributed by atoms with Crippen LogP contribution in [0.1, 0.15) is 39.2 Å². The number of fused-ring (bicyclic) bond motifs is 1. The molecule has 1 saturated heterocycles. The molecule has 2 aliphatic rings. The molecule has 0 aromatic heterocycles. The number of ether oxygens (including phenoxy) is 1. The lowest BCUT2D eigenvalue weighted by Gasteiger charge is -2.40. The van der Waals surface area contributed by atoms with Gasteiger partial charge in [-0.25, -0.2) is 9.18 Å². The molecule has 0 radical (unpaired) electrons. The van der Waals surface area contributed by atoms with Crippen LogP contribution in [-0.2, 0) is 33.7 Å². The minimum absolute atomic E-state index is 0.133. The Morgan fingerprint density at radius 2 is 1.90 bits per heavy atom. The van der Waals surface area contributed by atoms with E-state index < -0.39 is 30.8 Å². The van der Waals surface area contributed by atoms with Crippen molar-refractivity contribution >= 4 is 19.4 Å². The number of rotatable bonds is 8. The zero-order valence-corrected chi connectivity index (χ0v) is 17.7. The van der Waals surface area contributed by atoms with Gasteiger partial charge in [0.15, 0.2) is 5.84 Å². The highest BCUT2D eigenvalue weighted by Gasteiger charge is 2.60. The first-order chi connectivity index (χ1) is 13.9. The standard InChI is InChI=1S/C19H26FN2O6P/c1-4-25-18(23)19(14-9-11-15(20)12-10-14)22-13-7-8-16(17(22)21-28-19)29(24,26-5-2)27-6-3/h9-12,16H,4-8,13H2,1-3H3. The van der Waals surface area contributed by atoms with Crippen molar-refractivity contribution in [3.8, 4) is 0 Å². The van der Waals surface area contributed by atoms with Crippen LogP contribution in [0.25, 0.3) is 0 Å². The van der Waals surface area contributed by atoms with Crippen molar-refractivity contribution in [2.24, 2.45) is 5.16 Å². The van der Waals surface area contributed by atoms with Crippen LogP contribution in [0.2, 0.25) is 0 Å². The molecule has 3 rings (SSSR count). The summed E-state index contributed by atoms with van der Waals surface area (Å²) in [4.78, 5) is 20.4. The summed E-state index contributed by atoms with van der Waals surface area (Å²) in [6.45, 7) is 6.13. The number of oxime groups is 1. The average Bonchev–Trinajstić information content (AvgIpc) is 3.10. The lowest BCUT2D eigenvalue weighted by molar-refractivity contribution is -0.189. The molecular weight excluding hydrogens is 402 g/mol. The third-order valence-corrected chi connectivity index (χ3v) is 7.36. The molecule has 0 saturated carbocycles. The van der Waals surface area contributed by atoms with E-state index in [1.54, 1.807) is 25.7 Å². The number of hydrogen-bond donors (Lipinski definition) is 0. The lowest BCUT2D eigenvalue weighted by atomic mass is 9.97. The first kappa shape index (κ1) is 21.7. The molecule has 1 aromatic rings. The predicted molar refractivity (Wildman–Crippen MR) is 104 cm³/mol. The van der Waals surface area contributed by atoms with Gasteiger partial charge in [-0.3, -0.25) is 4.57 Å². The molecule has 160 valence electrons. The second kappa shape index (κ2) is 8.81. The first-order valence-corrected chi connectivity index (χ1v) is 11.4. The van der Waals surface area contributed by atoms with Gasteiger partial charge in [0.1, 0.15) is 11.5 Å². The Bertz CT molecular complexity index is 807. The summed E-state index contributed by atoms with van der Waals surface area (Å²) < 4.78 is 43.2. The van der Waals surface area contributed by atoms with E-state index in [0.717, 1.165) is 0 Å². The Morgan fingerprint density at radius 1 is 1.24 bits per heavy atom. The molecule has 0 amide bonds. The number of benzene rings is 1. The zero-order valence-electron chi connectivity index (χ0n) is 16.8. The molecule has 0 aliphatic carbocycles. The highest BCUT2D eigenvalue weighted by molar-refractivity contribution is 7.55. The summed E-state index contributed by atoms with van der Waals surface area (Å²) in [6, 6.07) is 5.40. The van der Waals surface area contributed by atoms with Crippen LogP contribution in [0.15, 0.2) is 29.4 Å². The number of piperidine rings is 1. The maximum Gasteiger partial charge on any atom is 0.380 e. The van der Waals surface area contributed by atoms with E-state index >= 15 is 0 Å². The Balaban J connectivity index is 2.04. The number of carbonyl (C=O) groups is 1. The number of esters is 1. The zero-order chi connectivity index (χ0) is 21.1. The van der Waals surface area contributed by atoms with E-state index in [1.165, 1.54) is 24.3 Å². The molecule has 1 fully saturated rings. The SMILES string of the molecule is CCOC(=O)C1(c2ccc(F)cc2)ON=C2C(P(=O)(OCC)OCC)CCCN21. The summed E-state index contributed by atoms with van der Waals surface area (Å²) in [5.41, 5.74) is -2.01. The monoisotopic (exact) mass is 428 g/mol.